The predicted octanol–water partition coefficient (Wildman–Crippen LogP) is 3.17. The summed E-state index contributed by atoms with van der Waals surface area (Å²) in [5, 5.41) is 0. The maximum atomic E-state index is 12.7. The van der Waals surface area contributed by atoms with Gasteiger partial charge in [0.05, 0.1) is 13.2 Å². The Balaban J connectivity index is 1.90. The van der Waals surface area contributed by atoms with Gasteiger partial charge in [0.1, 0.15) is 5.75 Å². The number of hydrogen-bond acceptors (Lipinski definition) is 4. The normalized spacial score (nSPS) is 14.8. The van der Waals surface area contributed by atoms with Crippen LogP contribution in [0.2, 0.25) is 0 Å². The van der Waals surface area contributed by atoms with Crippen molar-refractivity contribution in [1.82, 2.24) is 9.80 Å². The number of carbonyl (C=O) groups is 2. The second-order valence-corrected chi connectivity index (χ2v) is 6.06. The number of rotatable bonds is 6. The summed E-state index contributed by atoms with van der Waals surface area (Å²) < 4.78 is 10.7. The Morgan fingerprint density at radius 2 is 1.68 bits per heavy atom. The molecule has 0 unspecified atom stereocenters. The van der Waals surface area contributed by atoms with Crippen molar-refractivity contribution in [3.63, 3.8) is 0 Å². The minimum atomic E-state index is -0.301. The van der Waals surface area contributed by atoms with Crippen LogP contribution >= 0.6 is 0 Å². The highest BCUT2D eigenvalue weighted by atomic mass is 16.6. The fourth-order valence-corrected chi connectivity index (χ4v) is 2.73. The molecule has 0 aliphatic carbocycles. The van der Waals surface area contributed by atoms with Crippen molar-refractivity contribution in [2.75, 3.05) is 39.4 Å². The molecule has 1 saturated heterocycles. The lowest BCUT2D eigenvalue weighted by Crippen LogP contribution is -2.37. The molecule has 1 aliphatic rings. The van der Waals surface area contributed by atoms with E-state index in [0.29, 0.717) is 45.0 Å². The molecule has 0 N–H and O–H groups in total. The van der Waals surface area contributed by atoms with E-state index < -0.39 is 0 Å². The Bertz CT molecular complexity index is 559. The van der Waals surface area contributed by atoms with Crippen LogP contribution < -0.4 is 4.74 Å². The topological polar surface area (TPSA) is 59.1 Å². The van der Waals surface area contributed by atoms with Crippen molar-refractivity contribution in [2.24, 2.45) is 0 Å². The molecule has 1 aromatic carbocycles. The first-order valence-electron chi connectivity index (χ1n) is 9.09. The largest absolute Gasteiger partial charge is 0.494 e. The van der Waals surface area contributed by atoms with E-state index in [0.717, 1.165) is 25.0 Å². The molecule has 25 heavy (non-hydrogen) atoms. The summed E-state index contributed by atoms with van der Waals surface area (Å²) in [6.07, 6.45) is 2.56. The third kappa shape index (κ3) is 5.66. The Kier molecular flexibility index (Phi) is 7.57. The zero-order valence-corrected chi connectivity index (χ0v) is 15.2. The van der Waals surface area contributed by atoms with Gasteiger partial charge in [0.15, 0.2) is 0 Å². The SMILES string of the molecule is CCCCOc1ccc(C(=O)N2CCCN(C(=O)OCC)CC2)cc1. The van der Waals surface area contributed by atoms with Crippen LogP contribution in [0.5, 0.6) is 5.75 Å². The molecule has 1 fully saturated rings. The van der Waals surface area contributed by atoms with Gasteiger partial charge in [0.2, 0.25) is 0 Å². The molecule has 1 aliphatic heterocycles. The molecule has 2 rings (SSSR count). The number of amides is 2. The Morgan fingerprint density at radius 1 is 1.00 bits per heavy atom. The standard InChI is InChI=1S/C19H28N2O4/c1-3-5-15-25-17-9-7-16(8-10-17)18(22)20-11-6-12-21(14-13-20)19(23)24-4-2/h7-10H,3-6,11-15H2,1-2H3. The summed E-state index contributed by atoms with van der Waals surface area (Å²) >= 11 is 0. The highest BCUT2D eigenvalue weighted by Gasteiger charge is 2.23. The molecular weight excluding hydrogens is 320 g/mol. The monoisotopic (exact) mass is 348 g/mol. The Morgan fingerprint density at radius 3 is 2.36 bits per heavy atom. The van der Waals surface area contributed by atoms with Gasteiger partial charge < -0.3 is 19.3 Å². The molecule has 138 valence electrons. The molecule has 6 heteroatoms. The van der Waals surface area contributed by atoms with E-state index in [9.17, 15) is 9.59 Å². The van der Waals surface area contributed by atoms with Crippen LogP contribution in [0.4, 0.5) is 4.79 Å². The molecule has 0 radical (unpaired) electrons. The first kappa shape index (κ1) is 19.1. The van der Waals surface area contributed by atoms with Gasteiger partial charge in [0.25, 0.3) is 5.91 Å². The number of ether oxygens (including phenoxy) is 2. The van der Waals surface area contributed by atoms with Crippen LogP contribution in [0.3, 0.4) is 0 Å². The number of carbonyl (C=O) groups excluding carboxylic acids is 2. The van der Waals surface area contributed by atoms with E-state index in [1.54, 1.807) is 28.9 Å². The van der Waals surface area contributed by atoms with Gasteiger partial charge in [-0.1, -0.05) is 13.3 Å². The van der Waals surface area contributed by atoms with Crippen LogP contribution in [-0.2, 0) is 4.74 Å². The fraction of sp³-hybridized carbons (Fsp3) is 0.579. The minimum Gasteiger partial charge on any atom is -0.494 e. The Hall–Kier alpha value is -2.24. The maximum Gasteiger partial charge on any atom is 0.409 e. The van der Waals surface area contributed by atoms with Gasteiger partial charge in [0, 0.05) is 31.7 Å². The van der Waals surface area contributed by atoms with Crippen LogP contribution in [0.15, 0.2) is 24.3 Å². The summed E-state index contributed by atoms with van der Waals surface area (Å²) in [6, 6.07) is 7.28. The first-order valence-corrected chi connectivity index (χ1v) is 9.09. The molecule has 2 amide bonds. The minimum absolute atomic E-state index is 0.00850. The van der Waals surface area contributed by atoms with E-state index in [-0.39, 0.29) is 12.0 Å². The quantitative estimate of drug-likeness (QED) is 0.741. The van der Waals surface area contributed by atoms with Gasteiger partial charge in [-0.3, -0.25) is 4.79 Å². The third-order valence-electron chi connectivity index (χ3n) is 4.18. The lowest BCUT2D eigenvalue weighted by atomic mass is 10.2. The van der Waals surface area contributed by atoms with Crippen molar-refractivity contribution in [1.29, 1.82) is 0 Å². The van der Waals surface area contributed by atoms with E-state index in [1.807, 2.05) is 12.1 Å². The lowest BCUT2D eigenvalue weighted by Gasteiger charge is -2.22. The van der Waals surface area contributed by atoms with Crippen molar-refractivity contribution in [3.05, 3.63) is 29.8 Å². The van der Waals surface area contributed by atoms with Gasteiger partial charge in [-0.05, 0) is 44.0 Å². The molecule has 0 saturated carbocycles. The van der Waals surface area contributed by atoms with E-state index in [4.69, 9.17) is 9.47 Å². The zero-order valence-electron chi connectivity index (χ0n) is 15.2. The van der Waals surface area contributed by atoms with Crippen LogP contribution in [-0.4, -0.2) is 61.2 Å². The van der Waals surface area contributed by atoms with Gasteiger partial charge in [-0.15, -0.1) is 0 Å². The first-order chi connectivity index (χ1) is 12.2. The zero-order chi connectivity index (χ0) is 18.1. The second-order valence-electron chi connectivity index (χ2n) is 6.06. The molecule has 6 nitrogen and oxygen atoms in total. The third-order valence-corrected chi connectivity index (χ3v) is 4.18. The molecule has 0 bridgehead atoms. The number of hydrogen-bond donors (Lipinski definition) is 0. The van der Waals surface area contributed by atoms with Crippen molar-refractivity contribution < 1.29 is 19.1 Å². The van der Waals surface area contributed by atoms with Crippen molar-refractivity contribution >= 4 is 12.0 Å². The van der Waals surface area contributed by atoms with Crippen LogP contribution in [0, 0.1) is 0 Å². The summed E-state index contributed by atoms with van der Waals surface area (Å²) in [5.41, 5.74) is 0.646. The molecular formula is C19H28N2O4. The number of benzene rings is 1. The van der Waals surface area contributed by atoms with E-state index in [1.165, 1.54) is 0 Å². The lowest BCUT2D eigenvalue weighted by molar-refractivity contribution is 0.0753. The summed E-state index contributed by atoms with van der Waals surface area (Å²) in [5.74, 6) is 0.778. The highest BCUT2D eigenvalue weighted by Crippen LogP contribution is 2.15. The second kappa shape index (κ2) is 9.91. The van der Waals surface area contributed by atoms with E-state index in [2.05, 4.69) is 6.92 Å². The van der Waals surface area contributed by atoms with Gasteiger partial charge >= 0.3 is 6.09 Å². The molecule has 1 aromatic rings. The van der Waals surface area contributed by atoms with Crippen LogP contribution in [0.25, 0.3) is 0 Å². The highest BCUT2D eigenvalue weighted by molar-refractivity contribution is 5.94. The van der Waals surface area contributed by atoms with Crippen LogP contribution in [0.1, 0.15) is 43.5 Å². The summed E-state index contributed by atoms with van der Waals surface area (Å²) in [7, 11) is 0. The molecule has 1 heterocycles. The molecule has 0 aromatic heterocycles. The molecule has 0 spiro atoms. The maximum absolute atomic E-state index is 12.7. The van der Waals surface area contributed by atoms with Crippen molar-refractivity contribution in [3.8, 4) is 5.75 Å². The van der Waals surface area contributed by atoms with E-state index >= 15 is 0 Å². The number of unbranched alkanes of at least 4 members (excludes halogenated alkanes) is 1. The predicted molar refractivity (Wildman–Crippen MR) is 96.0 cm³/mol. The van der Waals surface area contributed by atoms with Gasteiger partial charge in [-0.25, -0.2) is 4.79 Å². The molecule has 0 atom stereocenters. The van der Waals surface area contributed by atoms with Gasteiger partial charge in [-0.2, -0.15) is 0 Å². The van der Waals surface area contributed by atoms with Crippen molar-refractivity contribution in [2.45, 2.75) is 33.1 Å². The average Bonchev–Trinajstić information content (AvgIpc) is 2.88. The Labute approximate surface area is 149 Å². The summed E-state index contributed by atoms with van der Waals surface area (Å²) in [6.45, 7) is 7.26. The smallest absolute Gasteiger partial charge is 0.409 e. The number of nitrogens with zero attached hydrogens (tertiary/aromatic N) is 2. The average molecular weight is 348 g/mol. The fourth-order valence-electron chi connectivity index (χ4n) is 2.73. The summed E-state index contributed by atoms with van der Waals surface area (Å²) in [4.78, 5) is 28.0.